The van der Waals surface area contributed by atoms with E-state index in [1.54, 1.807) is 24.3 Å². The summed E-state index contributed by atoms with van der Waals surface area (Å²) < 4.78 is 12.9. The SMILES string of the molecule is O=C(Cc1ccc(F)cc1)N1CCC(c2cccc([N+](=O)[O-])c2)=N1. The van der Waals surface area contributed by atoms with Gasteiger partial charge in [-0.05, 0) is 17.7 Å². The molecule has 0 aromatic heterocycles. The summed E-state index contributed by atoms with van der Waals surface area (Å²) in [5.41, 5.74) is 1.99. The summed E-state index contributed by atoms with van der Waals surface area (Å²) in [6.07, 6.45) is 0.669. The first kappa shape index (κ1) is 15.8. The highest BCUT2D eigenvalue weighted by Gasteiger charge is 2.22. The van der Waals surface area contributed by atoms with Crippen LogP contribution in [0.5, 0.6) is 0 Å². The minimum Gasteiger partial charge on any atom is -0.273 e. The molecule has 1 heterocycles. The molecule has 2 aromatic carbocycles. The number of non-ortho nitro benzene ring substituents is 1. The Labute approximate surface area is 137 Å². The number of halogens is 1. The van der Waals surface area contributed by atoms with Gasteiger partial charge in [0, 0.05) is 24.1 Å². The third-order valence-electron chi connectivity index (χ3n) is 3.75. The van der Waals surface area contributed by atoms with E-state index < -0.39 is 4.92 Å². The van der Waals surface area contributed by atoms with E-state index in [1.165, 1.54) is 29.3 Å². The van der Waals surface area contributed by atoms with Crippen LogP contribution in [0.2, 0.25) is 0 Å². The molecule has 0 spiro atoms. The van der Waals surface area contributed by atoms with Crippen LogP contribution in [0.1, 0.15) is 17.5 Å². The van der Waals surface area contributed by atoms with Gasteiger partial charge in [0.05, 0.1) is 23.6 Å². The lowest BCUT2D eigenvalue weighted by atomic mass is 10.1. The number of rotatable bonds is 4. The Bertz CT molecular complexity index is 818. The Morgan fingerprint density at radius 1 is 1.25 bits per heavy atom. The van der Waals surface area contributed by atoms with Gasteiger partial charge in [0.2, 0.25) is 5.91 Å². The van der Waals surface area contributed by atoms with Crippen molar-refractivity contribution in [1.29, 1.82) is 0 Å². The van der Waals surface area contributed by atoms with Crippen molar-refractivity contribution in [2.24, 2.45) is 5.10 Å². The quantitative estimate of drug-likeness (QED) is 0.640. The van der Waals surface area contributed by atoms with Gasteiger partial charge in [-0.2, -0.15) is 5.10 Å². The molecule has 122 valence electrons. The highest BCUT2D eigenvalue weighted by Crippen LogP contribution is 2.19. The molecule has 0 radical (unpaired) electrons. The fourth-order valence-electron chi connectivity index (χ4n) is 2.51. The van der Waals surface area contributed by atoms with E-state index in [-0.39, 0.29) is 23.8 Å². The molecule has 0 saturated carbocycles. The smallest absolute Gasteiger partial charge is 0.270 e. The highest BCUT2D eigenvalue weighted by atomic mass is 19.1. The summed E-state index contributed by atoms with van der Waals surface area (Å²) in [7, 11) is 0. The number of carbonyl (C=O) groups excluding carboxylic acids is 1. The van der Waals surface area contributed by atoms with Crippen LogP contribution in [0.25, 0.3) is 0 Å². The van der Waals surface area contributed by atoms with Crippen LogP contribution in [0.3, 0.4) is 0 Å². The second kappa shape index (κ2) is 6.57. The second-order valence-electron chi connectivity index (χ2n) is 5.42. The van der Waals surface area contributed by atoms with Crippen LogP contribution in [0.15, 0.2) is 53.6 Å². The molecule has 1 aliphatic heterocycles. The topological polar surface area (TPSA) is 75.8 Å². The summed E-state index contributed by atoms with van der Waals surface area (Å²) in [5.74, 6) is -0.541. The monoisotopic (exact) mass is 327 g/mol. The third-order valence-corrected chi connectivity index (χ3v) is 3.75. The number of amides is 1. The normalized spacial score (nSPS) is 13.7. The zero-order valence-corrected chi connectivity index (χ0v) is 12.7. The van der Waals surface area contributed by atoms with Gasteiger partial charge in [0.15, 0.2) is 0 Å². The standard InChI is InChI=1S/C17H14FN3O3/c18-14-6-4-12(5-7-14)10-17(22)20-9-8-16(19-20)13-2-1-3-15(11-13)21(23)24/h1-7,11H,8-10H2. The van der Waals surface area contributed by atoms with Gasteiger partial charge in [-0.15, -0.1) is 0 Å². The van der Waals surface area contributed by atoms with Crippen LogP contribution in [-0.4, -0.2) is 28.1 Å². The van der Waals surface area contributed by atoms with Gasteiger partial charge in [-0.25, -0.2) is 9.40 Å². The Morgan fingerprint density at radius 2 is 2.00 bits per heavy atom. The summed E-state index contributed by atoms with van der Waals surface area (Å²) in [6, 6.07) is 11.9. The molecule has 6 nitrogen and oxygen atoms in total. The molecule has 0 aliphatic carbocycles. The molecular weight excluding hydrogens is 313 g/mol. The van der Waals surface area contributed by atoms with Crippen molar-refractivity contribution in [1.82, 2.24) is 5.01 Å². The van der Waals surface area contributed by atoms with Gasteiger partial charge < -0.3 is 0 Å². The molecule has 0 unspecified atom stereocenters. The lowest BCUT2D eigenvalue weighted by molar-refractivity contribution is -0.384. The molecule has 1 amide bonds. The number of nitro groups is 1. The molecule has 0 N–H and O–H groups in total. The minimum absolute atomic E-state index is 0.00807. The lowest BCUT2D eigenvalue weighted by Gasteiger charge is -2.11. The van der Waals surface area contributed by atoms with Crippen molar-refractivity contribution in [3.05, 3.63) is 75.6 Å². The van der Waals surface area contributed by atoms with E-state index >= 15 is 0 Å². The maximum absolute atomic E-state index is 12.9. The molecule has 0 fully saturated rings. The maximum Gasteiger partial charge on any atom is 0.270 e. The third kappa shape index (κ3) is 3.45. The van der Waals surface area contributed by atoms with Crippen molar-refractivity contribution in [3.8, 4) is 0 Å². The predicted molar refractivity (Wildman–Crippen MR) is 86.1 cm³/mol. The lowest BCUT2D eigenvalue weighted by Crippen LogP contribution is -2.25. The minimum atomic E-state index is -0.462. The Kier molecular flexibility index (Phi) is 4.33. The first-order chi connectivity index (χ1) is 11.5. The van der Waals surface area contributed by atoms with Gasteiger partial charge in [-0.3, -0.25) is 14.9 Å². The Morgan fingerprint density at radius 3 is 2.71 bits per heavy atom. The molecule has 1 aliphatic rings. The van der Waals surface area contributed by atoms with Crippen molar-refractivity contribution >= 4 is 17.3 Å². The average molecular weight is 327 g/mol. The van der Waals surface area contributed by atoms with E-state index in [4.69, 9.17) is 0 Å². The second-order valence-corrected chi connectivity index (χ2v) is 5.42. The van der Waals surface area contributed by atoms with Crippen molar-refractivity contribution in [2.45, 2.75) is 12.8 Å². The largest absolute Gasteiger partial charge is 0.273 e. The first-order valence-corrected chi connectivity index (χ1v) is 7.40. The number of benzene rings is 2. The van der Waals surface area contributed by atoms with Crippen molar-refractivity contribution in [2.75, 3.05) is 6.54 Å². The number of nitro benzene ring substituents is 1. The van der Waals surface area contributed by atoms with Crippen LogP contribution in [0, 0.1) is 15.9 Å². The average Bonchev–Trinajstić information content (AvgIpc) is 3.07. The van der Waals surface area contributed by atoms with Crippen LogP contribution in [-0.2, 0) is 11.2 Å². The van der Waals surface area contributed by atoms with E-state index in [2.05, 4.69) is 5.10 Å². The van der Waals surface area contributed by atoms with Crippen molar-refractivity contribution < 1.29 is 14.1 Å². The predicted octanol–water partition coefficient (Wildman–Crippen LogP) is 2.91. The van der Waals surface area contributed by atoms with Crippen LogP contribution in [0.4, 0.5) is 10.1 Å². The zero-order valence-electron chi connectivity index (χ0n) is 12.7. The van der Waals surface area contributed by atoms with Gasteiger partial charge in [-0.1, -0.05) is 24.3 Å². The van der Waals surface area contributed by atoms with E-state index in [0.29, 0.717) is 29.8 Å². The summed E-state index contributed by atoms with van der Waals surface area (Å²) >= 11 is 0. The maximum atomic E-state index is 12.9. The van der Waals surface area contributed by atoms with E-state index in [9.17, 15) is 19.3 Å². The van der Waals surface area contributed by atoms with E-state index in [0.717, 1.165) is 0 Å². The molecule has 0 saturated heterocycles. The van der Waals surface area contributed by atoms with Gasteiger partial charge in [0.1, 0.15) is 5.82 Å². The molecule has 0 bridgehead atoms. The van der Waals surface area contributed by atoms with Crippen molar-refractivity contribution in [3.63, 3.8) is 0 Å². The summed E-state index contributed by atoms with van der Waals surface area (Å²) in [4.78, 5) is 22.6. The number of hydrogen-bond acceptors (Lipinski definition) is 4. The molecule has 24 heavy (non-hydrogen) atoms. The van der Waals surface area contributed by atoms with Gasteiger partial charge in [0.25, 0.3) is 5.69 Å². The molecule has 2 aromatic rings. The highest BCUT2D eigenvalue weighted by molar-refractivity contribution is 6.03. The molecule has 7 heteroatoms. The number of carbonyl (C=O) groups is 1. The first-order valence-electron chi connectivity index (χ1n) is 7.40. The number of hydrazone groups is 1. The molecular formula is C17H14FN3O3. The zero-order chi connectivity index (χ0) is 17.1. The molecule has 3 rings (SSSR count). The number of hydrogen-bond donors (Lipinski definition) is 0. The van der Waals surface area contributed by atoms with Crippen LogP contribution < -0.4 is 0 Å². The summed E-state index contributed by atoms with van der Waals surface area (Å²) in [5, 5.41) is 16.5. The number of nitrogens with zero attached hydrogens (tertiary/aromatic N) is 3. The molecule has 0 atom stereocenters. The summed E-state index contributed by atoms with van der Waals surface area (Å²) in [6.45, 7) is 0.429. The van der Waals surface area contributed by atoms with E-state index in [1.807, 2.05) is 0 Å². The Balaban J connectivity index is 1.73. The fraction of sp³-hybridized carbons (Fsp3) is 0.176. The van der Waals surface area contributed by atoms with Crippen LogP contribution >= 0.6 is 0 Å². The van der Waals surface area contributed by atoms with Gasteiger partial charge >= 0.3 is 0 Å². The fourth-order valence-corrected chi connectivity index (χ4v) is 2.51. The Hall–Kier alpha value is -3.09.